The summed E-state index contributed by atoms with van der Waals surface area (Å²) in [5.74, 6) is -0.953. The van der Waals surface area contributed by atoms with Gasteiger partial charge >= 0.3 is 6.18 Å². The lowest BCUT2D eigenvalue weighted by Gasteiger charge is -2.27. The lowest BCUT2D eigenvalue weighted by atomic mass is 10.0. The minimum absolute atomic E-state index is 0.0110. The topological polar surface area (TPSA) is 198 Å². The number of amides is 5. The average molecular weight is 817 g/mol. The van der Waals surface area contributed by atoms with Crippen molar-refractivity contribution in [1.82, 2.24) is 25.1 Å². The third kappa shape index (κ3) is 8.42. The molecular formula is C41H43F3N8O7. The molecule has 0 radical (unpaired) electrons. The van der Waals surface area contributed by atoms with E-state index >= 15 is 0 Å². The fourth-order valence-electron chi connectivity index (χ4n) is 7.52. The molecule has 4 aromatic rings. The average Bonchev–Trinajstić information content (AvgIpc) is 3.90. The Balaban J connectivity index is 0.983. The third-order valence-corrected chi connectivity index (χ3v) is 10.9. The summed E-state index contributed by atoms with van der Waals surface area (Å²) < 4.78 is 52.6. The van der Waals surface area contributed by atoms with Crippen LogP contribution in [-0.4, -0.2) is 89.2 Å². The molecule has 59 heavy (non-hydrogen) atoms. The number of fused-ring (bicyclic) bond motifs is 2. The molecule has 3 heterocycles. The number of nitrogens with zero attached hydrogens (tertiary/aromatic N) is 4. The number of nitrogens with one attached hydrogen (secondary N) is 3. The minimum Gasteiger partial charge on any atom is -0.493 e. The maximum absolute atomic E-state index is 13.5. The molecule has 5 N–H and O–H groups in total. The van der Waals surface area contributed by atoms with Gasteiger partial charge in [0.15, 0.2) is 11.5 Å². The predicted molar refractivity (Wildman–Crippen MR) is 210 cm³/mol. The van der Waals surface area contributed by atoms with Gasteiger partial charge in [-0.25, -0.2) is 9.97 Å². The number of carbonyl (C=O) groups excluding carboxylic acids is 5. The first-order valence-electron chi connectivity index (χ1n) is 19.0. The van der Waals surface area contributed by atoms with Crippen LogP contribution in [0, 0.1) is 12.3 Å². The third-order valence-electron chi connectivity index (χ3n) is 10.9. The van der Waals surface area contributed by atoms with Gasteiger partial charge in [0.05, 0.1) is 42.0 Å². The standard InChI is InChI=1S/C41H43F3N8O7/c1-21(23-14-24(41(42,43)44)16-25(45)15-23)47-36-27-17-32(31(58-4)18-29(27)48-22(2)49-36)59-20-40(11-12-40)19-51(3)34(54)10-13-46-28-7-5-6-26-35(28)39(57)52(38(26)56)30-8-9-33(53)50-37(30)55/h5-7,14-18,21,30,46H,8-13,19-20,45H2,1-4H3,(H,47,48,49)(H,50,53,55). The highest BCUT2D eigenvalue weighted by Gasteiger charge is 2.47. The van der Waals surface area contributed by atoms with E-state index in [4.69, 9.17) is 15.2 Å². The van der Waals surface area contributed by atoms with Crippen LogP contribution in [0.15, 0.2) is 48.5 Å². The summed E-state index contributed by atoms with van der Waals surface area (Å²) in [5.41, 5.74) is 6.10. The van der Waals surface area contributed by atoms with Gasteiger partial charge in [0, 0.05) is 61.2 Å². The molecule has 15 nitrogen and oxygen atoms in total. The number of hydrogen-bond donors (Lipinski definition) is 4. The van der Waals surface area contributed by atoms with E-state index in [1.165, 1.54) is 19.2 Å². The van der Waals surface area contributed by atoms with Gasteiger partial charge in [-0.2, -0.15) is 13.2 Å². The molecule has 3 aliphatic rings. The van der Waals surface area contributed by atoms with Crippen LogP contribution >= 0.6 is 0 Å². The lowest BCUT2D eigenvalue weighted by Crippen LogP contribution is -2.54. The van der Waals surface area contributed by atoms with Crippen LogP contribution in [0.4, 0.5) is 30.4 Å². The van der Waals surface area contributed by atoms with Crippen molar-refractivity contribution in [1.29, 1.82) is 0 Å². The number of imide groups is 2. The number of carbonyl (C=O) groups is 5. The molecule has 3 aromatic carbocycles. The van der Waals surface area contributed by atoms with Crippen LogP contribution in [0.1, 0.15) is 82.7 Å². The van der Waals surface area contributed by atoms with E-state index in [-0.39, 0.29) is 60.6 Å². The molecule has 310 valence electrons. The Kier molecular flexibility index (Phi) is 10.8. The number of rotatable bonds is 14. The second kappa shape index (κ2) is 15.7. The van der Waals surface area contributed by atoms with Crippen molar-refractivity contribution in [2.75, 3.05) is 50.2 Å². The molecular weight excluding hydrogens is 773 g/mol. The van der Waals surface area contributed by atoms with Gasteiger partial charge in [-0.15, -0.1) is 0 Å². The van der Waals surface area contributed by atoms with Crippen LogP contribution in [0.3, 0.4) is 0 Å². The zero-order valence-electron chi connectivity index (χ0n) is 32.8. The summed E-state index contributed by atoms with van der Waals surface area (Å²) >= 11 is 0. The predicted octanol–water partition coefficient (Wildman–Crippen LogP) is 5.24. The SMILES string of the molecule is COc1cc2nc(C)nc(NC(C)c3cc(N)cc(C(F)(F)F)c3)c2cc1OCC1(CN(C)C(=O)CCNc2cccc3c2C(=O)N(C2CCC(=O)NC2=O)C3=O)CC1. The number of benzene rings is 3. The molecule has 5 amide bonds. The highest BCUT2D eigenvalue weighted by Crippen LogP contribution is 2.47. The van der Waals surface area contributed by atoms with Crippen LogP contribution in [0.25, 0.3) is 10.9 Å². The number of methoxy groups -OCH3 is 1. The molecule has 0 bridgehead atoms. The number of nitrogen functional groups attached to an aromatic ring is 1. The van der Waals surface area contributed by atoms with Crippen LogP contribution in [0.2, 0.25) is 0 Å². The smallest absolute Gasteiger partial charge is 0.416 e. The molecule has 1 aliphatic carbocycles. The number of piperidine rings is 1. The maximum atomic E-state index is 13.5. The summed E-state index contributed by atoms with van der Waals surface area (Å²) in [6.07, 6.45) is -2.82. The van der Waals surface area contributed by atoms with Crippen molar-refractivity contribution in [2.45, 2.75) is 64.2 Å². The van der Waals surface area contributed by atoms with Crippen molar-refractivity contribution in [3.63, 3.8) is 0 Å². The van der Waals surface area contributed by atoms with Crippen molar-refractivity contribution in [3.05, 3.63) is 76.6 Å². The van der Waals surface area contributed by atoms with Gasteiger partial charge in [-0.1, -0.05) is 6.07 Å². The first kappa shape index (κ1) is 40.7. The Morgan fingerprint density at radius 3 is 2.54 bits per heavy atom. The van der Waals surface area contributed by atoms with Crippen molar-refractivity contribution < 1.29 is 46.6 Å². The Labute approximate surface area is 336 Å². The molecule has 18 heteroatoms. The molecule has 1 aromatic heterocycles. The number of hydrogen-bond acceptors (Lipinski definition) is 12. The van der Waals surface area contributed by atoms with Crippen LogP contribution < -0.4 is 31.2 Å². The Hall–Kier alpha value is -6.46. The van der Waals surface area contributed by atoms with Gasteiger partial charge in [-0.3, -0.25) is 34.2 Å². The summed E-state index contributed by atoms with van der Waals surface area (Å²) in [7, 11) is 3.21. The van der Waals surface area contributed by atoms with E-state index in [1.807, 2.05) is 0 Å². The van der Waals surface area contributed by atoms with Crippen molar-refractivity contribution in [2.24, 2.45) is 5.41 Å². The van der Waals surface area contributed by atoms with Crippen LogP contribution in [0.5, 0.6) is 11.5 Å². The Morgan fingerprint density at radius 2 is 1.85 bits per heavy atom. The first-order chi connectivity index (χ1) is 28.0. The summed E-state index contributed by atoms with van der Waals surface area (Å²) in [6, 6.07) is 9.89. The van der Waals surface area contributed by atoms with Gasteiger partial charge in [0.25, 0.3) is 11.8 Å². The number of halogens is 3. The number of ether oxygens (including phenoxy) is 2. The Morgan fingerprint density at radius 1 is 1.08 bits per heavy atom. The molecule has 2 fully saturated rings. The summed E-state index contributed by atoms with van der Waals surface area (Å²) in [4.78, 5) is 75.7. The Bertz CT molecular complexity index is 2390. The largest absolute Gasteiger partial charge is 0.493 e. The monoisotopic (exact) mass is 816 g/mol. The molecule has 2 unspecified atom stereocenters. The highest BCUT2D eigenvalue weighted by atomic mass is 19.4. The molecule has 2 aliphatic heterocycles. The number of alkyl halides is 3. The summed E-state index contributed by atoms with van der Waals surface area (Å²) in [6.45, 7) is 4.24. The number of aryl methyl sites for hydroxylation is 1. The van der Waals surface area contributed by atoms with Gasteiger partial charge in [0.1, 0.15) is 17.7 Å². The summed E-state index contributed by atoms with van der Waals surface area (Å²) in [5, 5.41) is 9.07. The van der Waals surface area contributed by atoms with E-state index in [9.17, 15) is 37.1 Å². The molecule has 0 spiro atoms. The number of aromatic nitrogens is 2. The molecule has 2 atom stereocenters. The lowest BCUT2D eigenvalue weighted by molar-refractivity contribution is -0.138. The van der Waals surface area contributed by atoms with Crippen molar-refractivity contribution in [3.8, 4) is 11.5 Å². The second-order valence-corrected chi connectivity index (χ2v) is 15.3. The fraction of sp³-hybridized carbons (Fsp3) is 0.390. The normalized spacial score (nSPS) is 17.7. The molecule has 7 rings (SSSR count). The maximum Gasteiger partial charge on any atom is 0.416 e. The van der Waals surface area contributed by atoms with Gasteiger partial charge < -0.3 is 30.7 Å². The zero-order chi connectivity index (χ0) is 42.4. The molecule has 1 saturated heterocycles. The fourth-order valence-corrected chi connectivity index (χ4v) is 7.52. The second-order valence-electron chi connectivity index (χ2n) is 15.3. The minimum atomic E-state index is -4.56. The van der Waals surface area contributed by atoms with Crippen LogP contribution in [-0.2, 0) is 20.6 Å². The van der Waals surface area contributed by atoms with Crippen molar-refractivity contribution >= 4 is 57.6 Å². The van der Waals surface area contributed by atoms with E-state index in [0.29, 0.717) is 51.8 Å². The number of anilines is 3. The zero-order valence-corrected chi connectivity index (χ0v) is 32.8. The number of nitrogens with two attached hydrogens (primary N) is 1. The highest BCUT2D eigenvalue weighted by molar-refractivity contribution is 6.25. The van der Waals surface area contributed by atoms with Gasteiger partial charge in [-0.05, 0) is 75.1 Å². The van der Waals surface area contributed by atoms with E-state index in [1.54, 1.807) is 50.1 Å². The van der Waals surface area contributed by atoms with Gasteiger partial charge in [0.2, 0.25) is 17.7 Å². The van der Waals surface area contributed by atoms with E-state index in [0.717, 1.165) is 29.9 Å². The first-order valence-corrected chi connectivity index (χ1v) is 19.0. The molecule has 1 saturated carbocycles. The van der Waals surface area contributed by atoms with E-state index < -0.39 is 47.5 Å². The van der Waals surface area contributed by atoms with E-state index in [2.05, 4.69) is 25.9 Å². The quantitative estimate of drug-likeness (QED) is 0.0956.